The number of morpholine rings is 2. The molecule has 2 aromatic heterocycles. The van der Waals surface area contributed by atoms with Gasteiger partial charge in [0.05, 0.1) is 50.4 Å². The van der Waals surface area contributed by atoms with Crippen molar-refractivity contribution in [3.05, 3.63) is 60.3 Å². The fraction of sp³-hybridized carbons (Fsp3) is 0.400. The van der Waals surface area contributed by atoms with E-state index < -0.39 is 0 Å². The minimum Gasteiger partial charge on any atom is -0.379 e. The molecule has 40 heavy (non-hydrogen) atoms. The zero-order valence-electron chi connectivity index (χ0n) is 22.9. The quantitative estimate of drug-likeness (QED) is 0.315. The third-order valence-electron chi connectivity index (χ3n) is 7.48. The van der Waals surface area contributed by atoms with Gasteiger partial charge < -0.3 is 19.7 Å². The number of benzene rings is 2. The molecule has 0 aliphatic carbocycles. The molecule has 2 aromatic carbocycles. The van der Waals surface area contributed by atoms with E-state index in [9.17, 15) is 4.79 Å². The number of Topliss-reactive ketones (excluding diaryl/α,β-unsaturated/α-hetero) is 1. The lowest BCUT2D eigenvalue weighted by molar-refractivity contribution is 0.0361. The fourth-order valence-electron chi connectivity index (χ4n) is 5.11. The molecule has 6 rings (SSSR count). The second-order valence-electron chi connectivity index (χ2n) is 10.1. The molecule has 10 heteroatoms. The maximum absolute atomic E-state index is 12.1. The van der Waals surface area contributed by atoms with Gasteiger partial charge in [-0.3, -0.25) is 14.4 Å². The number of rotatable bonds is 9. The first-order valence-corrected chi connectivity index (χ1v) is 14.0. The molecule has 2 saturated heterocycles. The van der Waals surface area contributed by atoms with Gasteiger partial charge in [0.15, 0.2) is 5.78 Å². The van der Waals surface area contributed by atoms with Crippen LogP contribution in [0.5, 0.6) is 0 Å². The molecule has 0 unspecified atom stereocenters. The Kier molecular flexibility index (Phi) is 7.99. The third kappa shape index (κ3) is 5.99. The summed E-state index contributed by atoms with van der Waals surface area (Å²) in [6, 6.07) is 15.9. The van der Waals surface area contributed by atoms with Gasteiger partial charge in [-0.1, -0.05) is 19.1 Å². The van der Waals surface area contributed by atoms with Crippen molar-refractivity contribution >= 4 is 34.1 Å². The Morgan fingerprint density at radius 3 is 2.40 bits per heavy atom. The van der Waals surface area contributed by atoms with Crippen molar-refractivity contribution in [3.8, 4) is 11.3 Å². The Hall–Kier alpha value is -3.86. The third-order valence-corrected chi connectivity index (χ3v) is 7.48. The fourth-order valence-corrected chi connectivity index (χ4v) is 5.11. The normalized spacial score (nSPS) is 16.4. The molecule has 0 atom stereocenters. The lowest BCUT2D eigenvalue weighted by Crippen LogP contribution is -2.38. The SMILES string of the molecule is CCC(=O)c1ccc(Nc2cc(-c3ccc4cnn(CCN5CCOCC5)c4c3)nc(N3CCOCC3)n2)cc1. The number of fused-ring (bicyclic) bond motifs is 1. The molecule has 10 nitrogen and oxygen atoms in total. The van der Waals surface area contributed by atoms with Gasteiger partial charge in [-0.15, -0.1) is 0 Å². The van der Waals surface area contributed by atoms with Crippen LogP contribution in [0.25, 0.3) is 22.2 Å². The number of ether oxygens (including phenoxy) is 2. The summed E-state index contributed by atoms with van der Waals surface area (Å²) in [5.41, 5.74) is 4.50. The van der Waals surface area contributed by atoms with Gasteiger partial charge in [0.1, 0.15) is 5.82 Å². The molecule has 4 heterocycles. The van der Waals surface area contributed by atoms with Gasteiger partial charge in [0, 0.05) is 67.4 Å². The van der Waals surface area contributed by atoms with E-state index in [0.717, 1.165) is 80.3 Å². The summed E-state index contributed by atoms with van der Waals surface area (Å²) >= 11 is 0. The first kappa shape index (κ1) is 26.4. The summed E-state index contributed by atoms with van der Waals surface area (Å²) in [4.78, 5) is 26.5. The highest BCUT2D eigenvalue weighted by atomic mass is 16.5. The Bertz CT molecular complexity index is 1460. The van der Waals surface area contributed by atoms with Gasteiger partial charge in [-0.2, -0.15) is 10.1 Å². The molecule has 0 spiro atoms. The molecule has 0 bridgehead atoms. The van der Waals surface area contributed by atoms with Crippen molar-refractivity contribution in [3.63, 3.8) is 0 Å². The molecule has 0 saturated carbocycles. The number of nitrogens with one attached hydrogen (secondary N) is 1. The van der Waals surface area contributed by atoms with Gasteiger partial charge in [-0.25, -0.2) is 4.98 Å². The molecule has 1 N–H and O–H groups in total. The van der Waals surface area contributed by atoms with E-state index in [1.54, 1.807) is 0 Å². The molecule has 0 amide bonds. The number of hydrogen-bond acceptors (Lipinski definition) is 9. The second-order valence-corrected chi connectivity index (χ2v) is 10.1. The molecule has 2 aliphatic rings. The second kappa shape index (κ2) is 12.1. The summed E-state index contributed by atoms with van der Waals surface area (Å²) in [5.74, 6) is 1.49. The highest BCUT2D eigenvalue weighted by molar-refractivity contribution is 5.96. The maximum atomic E-state index is 12.1. The van der Waals surface area contributed by atoms with E-state index in [1.807, 2.05) is 43.5 Å². The average Bonchev–Trinajstić information content (AvgIpc) is 3.43. The van der Waals surface area contributed by atoms with Gasteiger partial charge in [0.2, 0.25) is 5.95 Å². The maximum Gasteiger partial charge on any atom is 0.228 e. The molecule has 0 radical (unpaired) electrons. The summed E-state index contributed by atoms with van der Waals surface area (Å²) in [5, 5.41) is 9.20. The van der Waals surface area contributed by atoms with E-state index in [4.69, 9.17) is 19.4 Å². The molecule has 4 aromatic rings. The number of ketones is 1. The Labute approximate surface area is 233 Å². The van der Waals surface area contributed by atoms with E-state index >= 15 is 0 Å². The highest BCUT2D eigenvalue weighted by Gasteiger charge is 2.18. The summed E-state index contributed by atoms with van der Waals surface area (Å²) in [7, 11) is 0. The summed E-state index contributed by atoms with van der Waals surface area (Å²) in [6.45, 7) is 9.92. The number of aromatic nitrogens is 4. The zero-order chi connectivity index (χ0) is 27.3. The van der Waals surface area contributed by atoms with Crippen molar-refractivity contribution in [2.75, 3.05) is 69.4 Å². The predicted molar refractivity (Wildman–Crippen MR) is 155 cm³/mol. The van der Waals surface area contributed by atoms with Gasteiger partial charge in [-0.05, 0) is 30.3 Å². The first-order valence-electron chi connectivity index (χ1n) is 14.0. The molecular formula is C30H35N7O3. The minimum atomic E-state index is 0.130. The number of anilines is 3. The van der Waals surface area contributed by atoms with E-state index in [2.05, 4.69) is 43.1 Å². The number of carbonyl (C=O) groups excluding carboxylic acids is 1. The number of hydrogen-bond donors (Lipinski definition) is 1. The van der Waals surface area contributed by atoms with Crippen LogP contribution in [0.2, 0.25) is 0 Å². The van der Waals surface area contributed by atoms with Crippen LogP contribution in [0.15, 0.2) is 54.7 Å². The Morgan fingerprint density at radius 1 is 0.900 bits per heavy atom. The smallest absolute Gasteiger partial charge is 0.228 e. The molecule has 208 valence electrons. The lowest BCUT2D eigenvalue weighted by atomic mass is 10.1. The van der Waals surface area contributed by atoms with Crippen molar-refractivity contribution in [1.82, 2.24) is 24.6 Å². The van der Waals surface area contributed by atoms with Crippen LogP contribution < -0.4 is 10.2 Å². The van der Waals surface area contributed by atoms with Crippen molar-refractivity contribution < 1.29 is 14.3 Å². The van der Waals surface area contributed by atoms with E-state index in [1.165, 1.54) is 0 Å². The first-order chi connectivity index (χ1) is 19.7. The van der Waals surface area contributed by atoms with Crippen molar-refractivity contribution in [2.24, 2.45) is 0 Å². The van der Waals surface area contributed by atoms with Crippen molar-refractivity contribution in [1.29, 1.82) is 0 Å². The predicted octanol–water partition coefficient (Wildman–Crippen LogP) is 4.00. The van der Waals surface area contributed by atoms with Crippen LogP contribution in [-0.2, 0) is 16.0 Å². The summed E-state index contributed by atoms with van der Waals surface area (Å²) < 4.78 is 13.1. The van der Waals surface area contributed by atoms with Gasteiger partial charge in [0.25, 0.3) is 0 Å². The van der Waals surface area contributed by atoms with Crippen LogP contribution in [0.4, 0.5) is 17.5 Å². The van der Waals surface area contributed by atoms with Crippen LogP contribution in [0.3, 0.4) is 0 Å². The molecule has 2 fully saturated rings. The van der Waals surface area contributed by atoms with Crippen LogP contribution in [0, 0.1) is 0 Å². The monoisotopic (exact) mass is 541 g/mol. The minimum absolute atomic E-state index is 0.130. The Morgan fingerprint density at radius 2 is 1.65 bits per heavy atom. The van der Waals surface area contributed by atoms with Crippen LogP contribution >= 0.6 is 0 Å². The standard InChI is InChI=1S/C30H35N7O3/c1-2-28(38)22-5-7-25(8-6-22)32-29-20-26(33-30(34-29)36-13-17-40-18-14-36)23-3-4-24-21-31-37(27(24)19-23)10-9-35-11-15-39-16-12-35/h3-8,19-21H,2,9-18H2,1H3,(H,32,33,34). The Balaban J connectivity index is 1.30. The van der Waals surface area contributed by atoms with Crippen LogP contribution in [0.1, 0.15) is 23.7 Å². The van der Waals surface area contributed by atoms with E-state index in [0.29, 0.717) is 37.0 Å². The van der Waals surface area contributed by atoms with Gasteiger partial charge >= 0.3 is 0 Å². The zero-order valence-corrected chi connectivity index (χ0v) is 22.9. The van der Waals surface area contributed by atoms with E-state index in [-0.39, 0.29) is 5.78 Å². The molecular weight excluding hydrogens is 506 g/mol. The average molecular weight is 542 g/mol. The van der Waals surface area contributed by atoms with Crippen molar-refractivity contribution in [2.45, 2.75) is 19.9 Å². The largest absolute Gasteiger partial charge is 0.379 e. The lowest BCUT2D eigenvalue weighted by Gasteiger charge is -2.27. The number of nitrogens with zero attached hydrogens (tertiary/aromatic N) is 6. The highest BCUT2D eigenvalue weighted by Crippen LogP contribution is 2.28. The molecule has 2 aliphatic heterocycles. The summed E-state index contributed by atoms with van der Waals surface area (Å²) in [6.07, 6.45) is 2.42. The topological polar surface area (TPSA) is 97.6 Å². The van der Waals surface area contributed by atoms with Crippen LogP contribution in [-0.4, -0.2) is 89.6 Å². The number of carbonyl (C=O) groups is 1.